The summed E-state index contributed by atoms with van der Waals surface area (Å²) in [6.07, 6.45) is 3.46. The van der Waals surface area contributed by atoms with Crippen molar-refractivity contribution in [2.24, 2.45) is 0 Å². The summed E-state index contributed by atoms with van der Waals surface area (Å²) in [5.74, 6) is 0.890. The first-order chi connectivity index (χ1) is 14.7. The van der Waals surface area contributed by atoms with Crippen LogP contribution in [0, 0.1) is 0 Å². The minimum atomic E-state index is -3.65. The lowest BCUT2D eigenvalue weighted by molar-refractivity contribution is -0.116. The van der Waals surface area contributed by atoms with Crippen LogP contribution in [0.25, 0.3) is 0 Å². The Balaban J connectivity index is 1.37. The van der Waals surface area contributed by atoms with Crippen LogP contribution in [0.4, 0.5) is 0 Å². The van der Waals surface area contributed by atoms with Crippen LogP contribution < -0.4 is 5.32 Å². The topological polar surface area (TPSA) is 110 Å². The van der Waals surface area contributed by atoms with Crippen molar-refractivity contribution in [3.05, 3.63) is 47.3 Å². The van der Waals surface area contributed by atoms with E-state index in [-0.39, 0.29) is 40.8 Å². The van der Waals surface area contributed by atoms with Crippen LogP contribution in [0.5, 0.6) is 0 Å². The number of nitrogens with one attached hydrogen (secondary N) is 1. The second-order valence-corrected chi connectivity index (χ2v) is 10.5. The number of aromatic nitrogens is 1. The van der Waals surface area contributed by atoms with Crippen LogP contribution in [-0.4, -0.2) is 48.2 Å². The molecule has 1 aliphatic carbocycles. The molecule has 1 aliphatic heterocycles. The molecule has 2 heterocycles. The third-order valence-corrected chi connectivity index (χ3v) is 7.90. The number of carbonyl (C=O) groups is 2. The van der Waals surface area contributed by atoms with Gasteiger partial charge >= 0.3 is 0 Å². The van der Waals surface area contributed by atoms with Gasteiger partial charge in [-0.1, -0.05) is 17.3 Å². The molecule has 0 unspecified atom stereocenters. The van der Waals surface area contributed by atoms with E-state index in [1.165, 1.54) is 11.2 Å². The maximum atomic E-state index is 13.1. The fourth-order valence-electron chi connectivity index (χ4n) is 4.06. The summed E-state index contributed by atoms with van der Waals surface area (Å²) in [4.78, 5) is 24.0. The third-order valence-electron chi connectivity index (χ3n) is 5.87. The molecule has 2 aliphatic rings. The van der Waals surface area contributed by atoms with Crippen molar-refractivity contribution in [3.63, 3.8) is 0 Å². The van der Waals surface area contributed by atoms with Gasteiger partial charge in [0.05, 0.1) is 4.90 Å². The van der Waals surface area contributed by atoms with E-state index in [1.54, 1.807) is 30.3 Å². The van der Waals surface area contributed by atoms with E-state index >= 15 is 0 Å². The molecule has 31 heavy (non-hydrogen) atoms. The molecule has 8 nitrogen and oxygen atoms in total. The fraction of sp³-hybridized carbons (Fsp3) is 0.500. The first kappa shape index (κ1) is 21.7. The zero-order chi connectivity index (χ0) is 22.2. The SMILES string of the molecule is CC(=O)Cc1ccc(S(=O)(=O)N2CC[C@@H](NC(=O)c3cc(C4CC4)on3)C[C@@H]2C)cc1. The molecule has 4 rings (SSSR count). The van der Waals surface area contributed by atoms with Crippen LogP contribution in [-0.2, 0) is 21.2 Å². The second kappa shape index (κ2) is 8.55. The number of Topliss-reactive ketones (excluding diaryl/α,β-unsaturated/α-hetero) is 1. The van der Waals surface area contributed by atoms with Gasteiger partial charge < -0.3 is 9.84 Å². The van der Waals surface area contributed by atoms with Gasteiger partial charge in [0, 0.05) is 37.0 Å². The lowest BCUT2D eigenvalue weighted by Crippen LogP contribution is -2.50. The predicted molar refractivity (Wildman–Crippen MR) is 113 cm³/mol. The highest BCUT2D eigenvalue weighted by molar-refractivity contribution is 7.89. The van der Waals surface area contributed by atoms with Gasteiger partial charge in [0.15, 0.2) is 5.69 Å². The van der Waals surface area contributed by atoms with Crippen molar-refractivity contribution in [1.29, 1.82) is 0 Å². The maximum Gasteiger partial charge on any atom is 0.273 e. The Hall–Kier alpha value is -2.52. The Morgan fingerprint density at radius 3 is 2.52 bits per heavy atom. The molecule has 2 aromatic rings. The number of amides is 1. The van der Waals surface area contributed by atoms with E-state index < -0.39 is 10.0 Å². The van der Waals surface area contributed by atoms with Crippen molar-refractivity contribution in [3.8, 4) is 0 Å². The Labute approximate surface area is 182 Å². The van der Waals surface area contributed by atoms with Gasteiger partial charge in [0.25, 0.3) is 5.91 Å². The highest BCUT2D eigenvalue weighted by Gasteiger charge is 2.35. The highest BCUT2D eigenvalue weighted by Crippen LogP contribution is 2.40. The van der Waals surface area contributed by atoms with E-state index in [0.717, 1.165) is 24.2 Å². The third kappa shape index (κ3) is 4.88. The number of carbonyl (C=O) groups excluding carboxylic acids is 2. The zero-order valence-corrected chi connectivity index (χ0v) is 18.5. The first-order valence-electron chi connectivity index (χ1n) is 10.6. The molecule has 166 valence electrons. The molecular formula is C22H27N3O5S. The molecule has 1 aromatic carbocycles. The van der Waals surface area contributed by atoms with E-state index in [4.69, 9.17) is 4.52 Å². The largest absolute Gasteiger partial charge is 0.360 e. The summed E-state index contributed by atoms with van der Waals surface area (Å²) in [5, 5.41) is 6.83. The van der Waals surface area contributed by atoms with E-state index in [0.29, 0.717) is 25.3 Å². The highest BCUT2D eigenvalue weighted by atomic mass is 32.2. The number of nitrogens with zero attached hydrogens (tertiary/aromatic N) is 2. The molecule has 1 saturated carbocycles. The number of sulfonamides is 1. The van der Waals surface area contributed by atoms with Crippen LogP contribution >= 0.6 is 0 Å². The Morgan fingerprint density at radius 1 is 1.19 bits per heavy atom. The molecule has 0 spiro atoms. The Morgan fingerprint density at radius 2 is 1.90 bits per heavy atom. The molecule has 1 saturated heterocycles. The summed E-state index contributed by atoms with van der Waals surface area (Å²) in [6, 6.07) is 7.77. The van der Waals surface area contributed by atoms with Crippen LogP contribution in [0.3, 0.4) is 0 Å². The monoisotopic (exact) mass is 445 g/mol. The van der Waals surface area contributed by atoms with Crippen molar-refractivity contribution in [1.82, 2.24) is 14.8 Å². The van der Waals surface area contributed by atoms with Crippen LogP contribution in [0.2, 0.25) is 0 Å². The fourth-order valence-corrected chi connectivity index (χ4v) is 5.71. The minimum absolute atomic E-state index is 0.0303. The predicted octanol–water partition coefficient (Wildman–Crippen LogP) is 2.66. The number of rotatable bonds is 7. The van der Waals surface area contributed by atoms with Gasteiger partial charge in [-0.15, -0.1) is 0 Å². The lowest BCUT2D eigenvalue weighted by Gasteiger charge is -2.36. The molecule has 2 fully saturated rings. The van der Waals surface area contributed by atoms with Crippen molar-refractivity contribution in [2.75, 3.05) is 6.54 Å². The van der Waals surface area contributed by atoms with E-state index in [9.17, 15) is 18.0 Å². The van der Waals surface area contributed by atoms with Gasteiger partial charge in [0.2, 0.25) is 10.0 Å². The summed E-state index contributed by atoms with van der Waals surface area (Å²) >= 11 is 0. The summed E-state index contributed by atoms with van der Waals surface area (Å²) in [6.45, 7) is 3.67. The summed E-state index contributed by atoms with van der Waals surface area (Å²) in [5.41, 5.74) is 1.06. The molecule has 0 radical (unpaired) electrons. The standard InChI is InChI=1S/C22H27N3O5S/c1-14-11-18(23-22(27)20-13-21(30-24-20)17-5-6-17)9-10-25(14)31(28,29)19-7-3-16(4-8-19)12-15(2)26/h3-4,7-8,13-14,17-18H,5-6,9-12H2,1-2H3,(H,23,27)/t14-,18+/m0/s1. The van der Waals surface area contributed by atoms with Crippen molar-refractivity contribution < 1.29 is 22.5 Å². The van der Waals surface area contributed by atoms with Gasteiger partial charge in [-0.3, -0.25) is 9.59 Å². The molecule has 9 heteroatoms. The number of benzene rings is 1. The number of ketones is 1. The number of hydrogen-bond donors (Lipinski definition) is 1. The minimum Gasteiger partial charge on any atom is -0.360 e. The normalized spacial score (nSPS) is 22.3. The average Bonchev–Trinajstić information content (AvgIpc) is 3.44. The summed E-state index contributed by atoms with van der Waals surface area (Å²) in [7, 11) is -3.65. The quantitative estimate of drug-likeness (QED) is 0.702. The van der Waals surface area contributed by atoms with Gasteiger partial charge in [-0.25, -0.2) is 8.42 Å². The Kier molecular flexibility index (Phi) is 5.98. The van der Waals surface area contributed by atoms with Gasteiger partial charge in [0.1, 0.15) is 11.5 Å². The maximum absolute atomic E-state index is 13.1. The molecular weight excluding hydrogens is 418 g/mol. The smallest absolute Gasteiger partial charge is 0.273 e. The Bertz CT molecular complexity index is 1070. The average molecular weight is 446 g/mol. The molecule has 1 aromatic heterocycles. The number of hydrogen-bond acceptors (Lipinski definition) is 6. The van der Waals surface area contributed by atoms with Gasteiger partial charge in [-0.2, -0.15) is 4.31 Å². The van der Waals surface area contributed by atoms with Crippen molar-refractivity contribution in [2.45, 2.75) is 68.8 Å². The summed E-state index contributed by atoms with van der Waals surface area (Å²) < 4.78 is 32.9. The van der Waals surface area contributed by atoms with E-state index in [1.807, 2.05) is 6.92 Å². The van der Waals surface area contributed by atoms with Crippen LogP contribution in [0.1, 0.15) is 67.3 Å². The first-order valence-corrected chi connectivity index (χ1v) is 12.1. The zero-order valence-electron chi connectivity index (χ0n) is 17.7. The molecule has 1 N–H and O–H groups in total. The second-order valence-electron chi connectivity index (χ2n) is 8.57. The van der Waals surface area contributed by atoms with Crippen molar-refractivity contribution >= 4 is 21.7 Å². The van der Waals surface area contributed by atoms with Gasteiger partial charge in [-0.05, 0) is 57.2 Å². The van der Waals surface area contributed by atoms with Crippen LogP contribution in [0.15, 0.2) is 39.8 Å². The number of piperidine rings is 1. The molecule has 2 atom stereocenters. The molecule has 1 amide bonds. The molecule has 0 bridgehead atoms. The van der Waals surface area contributed by atoms with E-state index in [2.05, 4.69) is 10.5 Å². The lowest BCUT2D eigenvalue weighted by atomic mass is 10.0.